The zero-order chi connectivity index (χ0) is 15.5. The molecule has 1 aromatic carbocycles. The normalized spacial score (nSPS) is 17.9. The first-order chi connectivity index (χ1) is 9.87. The van der Waals surface area contributed by atoms with E-state index in [1.54, 1.807) is 18.2 Å². The van der Waals surface area contributed by atoms with Gasteiger partial charge in [-0.3, -0.25) is 4.90 Å². The van der Waals surface area contributed by atoms with Gasteiger partial charge in [0, 0.05) is 48.7 Å². The lowest BCUT2D eigenvalue weighted by molar-refractivity contribution is -0.138. The Labute approximate surface area is 144 Å². The third kappa shape index (κ3) is 5.78. The van der Waals surface area contributed by atoms with Gasteiger partial charge in [-0.05, 0) is 24.1 Å². The van der Waals surface area contributed by atoms with Gasteiger partial charge in [0.05, 0.1) is 0 Å². The first-order valence-electron chi connectivity index (χ1n) is 6.83. The summed E-state index contributed by atoms with van der Waals surface area (Å²) in [4.78, 5) is 2.05. The molecule has 0 unspecified atom stereocenters. The topological polar surface area (TPSA) is 15.3 Å². The number of nitrogens with one attached hydrogen (secondary N) is 1. The van der Waals surface area contributed by atoms with Crippen LogP contribution in [-0.4, -0.2) is 37.3 Å². The van der Waals surface area contributed by atoms with E-state index in [4.69, 9.17) is 23.2 Å². The molecule has 0 radical (unpaired) electrons. The smallest absolute Gasteiger partial charge is 0.314 e. The number of alkyl halides is 3. The van der Waals surface area contributed by atoms with Crippen LogP contribution in [0.3, 0.4) is 0 Å². The first kappa shape index (κ1) is 19.8. The van der Waals surface area contributed by atoms with E-state index in [9.17, 15) is 13.2 Å². The minimum absolute atomic E-state index is 0. The maximum absolute atomic E-state index is 12.6. The minimum Gasteiger partial charge on any atom is -0.314 e. The average Bonchev–Trinajstić information content (AvgIpc) is 2.41. The summed E-state index contributed by atoms with van der Waals surface area (Å²) in [7, 11) is 0. The van der Waals surface area contributed by atoms with Crippen LogP contribution in [0.25, 0.3) is 0 Å². The lowest BCUT2D eigenvalue weighted by Crippen LogP contribution is -2.45. The second-order valence-electron chi connectivity index (χ2n) is 5.12. The summed E-state index contributed by atoms with van der Waals surface area (Å²) in [6.07, 6.45) is -4.98. The largest absolute Gasteiger partial charge is 0.389 e. The molecular formula is C14H18Cl3F3N2. The summed E-state index contributed by atoms with van der Waals surface area (Å²) in [5.41, 5.74) is 0.715. The van der Waals surface area contributed by atoms with Gasteiger partial charge in [-0.15, -0.1) is 12.4 Å². The summed E-state index contributed by atoms with van der Waals surface area (Å²) in [6.45, 7) is 2.96. The Morgan fingerprint density at radius 2 is 1.82 bits per heavy atom. The lowest BCUT2D eigenvalue weighted by Gasteiger charge is -2.36. The summed E-state index contributed by atoms with van der Waals surface area (Å²) >= 11 is 12.1. The van der Waals surface area contributed by atoms with E-state index in [1.165, 1.54) is 0 Å². The van der Waals surface area contributed by atoms with E-state index in [1.807, 2.05) is 0 Å². The van der Waals surface area contributed by atoms with Crippen molar-refractivity contribution in [3.63, 3.8) is 0 Å². The number of benzene rings is 1. The molecule has 1 aromatic rings. The molecule has 1 aliphatic heterocycles. The molecule has 2 rings (SSSR count). The van der Waals surface area contributed by atoms with Crippen LogP contribution in [0.2, 0.25) is 10.0 Å². The van der Waals surface area contributed by atoms with Crippen molar-refractivity contribution in [1.29, 1.82) is 0 Å². The number of piperazine rings is 1. The fourth-order valence-corrected chi connectivity index (χ4v) is 3.14. The molecular weight excluding hydrogens is 360 g/mol. The van der Waals surface area contributed by atoms with Crippen LogP contribution in [0.15, 0.2) is 18.2 Å². The van der Waals surface area contributed by atoms with Crippen molar-refractivity contribution in [2.24, 2.45) is 0 Å². The Hall–Kier alpha value is -0.200. The van der Waals surface area contributed by atoms with Crippen molar-refractivity contribution in [2.45, 2.75) is 25.1 Å². The highest BCUT2D eigenvalue weighted by Gasteiger charge is 2.32. The molecule has 0 aromatic heterocycles. The fourth-order valence-electron chi connectivity index (χ4n) is 2.60. The van der Waals surface area contributed by atoms with Crippen LogP contribution < -0.4 is 5.32 Å². The molecule has 2 nitrogen and oxygen atoms in total. The van der Waals surface area contributed by atoms with Crippen LogP contribution in [0, 0.1) is 0 Å². The zero-order valence-corrected chi connectivity index (χ0v) is 14.1. The number of hydrogen-bond donors (Lipinski definition) is 1. The van der Waals surface area contributed by atoms with E-state index >= 15 is 0 Å². The number of halogens is 6. The molecule has 22 heavy (non-hydrogen) atoms. The van der Waals surface area contributed by atoms with Gasteiger partial charge in [0.25, 0.3) is 0 Å². The quantitative estimate of drug-likeness (QED) is 0.818. The van der Waals surface area contributed by atoms with Gasteiger partial charge in [-0.1, -0.05) is 29.3 Å². The first-order valence-corrected chi connectivity index (χ1v) is 7.59. The highest BCUT2D eigenvalue weighted by atomic mass is 35.5. The van der Waals surface area contributed by atoms with Crippen molar-refractivity contribution in [3.05, 3.63) is 33.8 Å². The van der Waals surface area contributed by atoms with E-state index in [0.29, 0.717) is 28.7 Å². The van der Waals surface area contributed by atoms with Crippen LogP contribution in [0.1, 0.15) is 24.4 Å². The molecule has 0 bridgehead atoms. The third-order valence-electron chi connectivity index (χ3n) is 3.62. The van der Waals surface area contributed by atoms with Gasteiger partial charge < -0.3 is 5.32 Å². The van der Waals surface area contributed by atoms with E-state index in [0.717, 1.165) is 13.1 Å². The highest BCUT2D eigenvalue weighted by molar-refractivity contribution is 6.35. The van der Waals surface area contributed by atoms with Gasteiger partial charge >= 0.3 is 6.18 Å². The van der Waals surface area contributed by atoms with Gasteiger partial charge in [-0.2, -0.15) is 13.2 Å². The van der Waals surface area contributed by atoms with Crippen molar-refractivity contribution < 1.29 is 13.2 Å². The summed E-state index contributed by atoms with van der Waals surface area (Å²) in [6, 6.07) is 4.65. The van der Waals surface area contributed by atoms with Gasteiger partial charge in [0.1, 0.15) is 0 Å². The number of rotatable bonds is 4. The molecule has 0 saturated carbocycles. The lowest BCUT2D eigenvalue weighted by atomic mass is 9.99. The standard InChI is InChI=1S/C14H17Cl2F3N2.ClH/c15-10-1-2-11(12(16)9-10)13(3-4-14(17,18)19)21-7-5-20-6-8-21;/h1-2,9,13,20H,3-8H2;1H/t13-;/m1./s1. The molecule has 126 valence electrons. The number of nitrogens with zero attached hydrogens (tertiary/aromatic N) is 1. The molecule has 0 amide bonds. The van der Waals surface area contributed by atoms with Gasteiger partial charge in [0.15, 0.2) is 0 Å². The Balaban J connectivity index is 0.00000242. The highest BCUT2D eigenvalue weighted by Crippen LogP contribution is 2.35. The predicted molar refractivity (Wildman–Crippen MR) is 86.2 cm³/mol. The molecule has 1 heterocycles. The zero-order valence-electron chi connectivity index (χ0n) is 11.8. The van der Waals surface area contributed by atoms with Crippen molar-refractivity contribution in [3.8, 4) is 0 Å². The van der Waals surface area contributed by atoms with Crippen LogP contribution in [0.4, 0.5) is 13.2 Å². The van der Waals surface area contributed by atoms with Crippen LogP contribution in [0.5, 0.6) is 0 Å². The van der Waals surface area contributed by atoms with Crippen molar-refractivity contribution in [2.75, 3.05) is 26.2 Å². The molecule has 1 aliphatic rings. The van der Waals surface area contributed by atoms with Gasteiger partial charge in [0.2, 0.25) is 0 Å². The summed E-state index contributed by atoms with van der Waals surface area (Å²) in [5, 5.41) is 4.11. The van der Waals surface area contributed by atoms with E-state index < -0.39 is 12.6 Å². The second-order valence-corrected chi connectivity index (χ2v) is 5.97. The molecule has 0 spiro atoms. The summed E-state index contributed by atoms with van der Waals surface area (Å²) in [5.74, 6) is 0. The number of hydrogen-bond acceptors (Lipinski definition) is 2. The average molecular weight is 378 g/mol. The van der Waals surface area contributed by atoms with Crippen molar-refractivity contribution in [1.82, 2.24) is 10.2 Å². The molecule has 1 saturated heterocycles. The monoisotopic (exact) mass is 376 g/mol. The minimum atomic E-state index is -4.16. The molecule has 1 fully saturated rings. The Kier molecular flexibility index (Phi) is 7.75. The fraction of sp³-hybridized carbons (Fsp3) is 0.571. The second kappa shape index (κ2) is 8.60. The van der Waals surface area contributed by atoms with Gasteiger partial charge in [-0.25, -0.2) is 0 Å². The van der Waals surface area contributed by atoms with Crippen molar-refractivity contribution >= 4 is 35.6 Å². The summed E-state index contributed by atoms with van der Waals surface area (Å²) < 4.78 is 37.7. The Morgan fingerprint density at radius 1 is 1.18 bits per heavy atom. The molecule has 1 atom stereocenters. The third-order valence-corrected chi connectivity index (χ3v) is 4.18. The van der Waals surface area contributed by atoms with Crippen LogP contribution in [-0.2, 0) is 0 Å². The maximum atomic E-state index is 12.6. The molecule has 8 heteroatoms. The Morgan fingerprint density at radius 3 is 2.36 bits per heavy atom. The van der Waals surface area contributed by atoms with Crippen LogP contribution >= 0.6 is 35.6 Å². The Bertz CT molecular complexity index is 477. The van der Waals surface area contributed by atoms with E-state index in [2.05, 4.69) is 10.2 Å². The van der Waals surface area contributed by atoms with E-state index in [-0.39, 0.29) is 24.9 Å². The predicted octanol–water partition coefficient (Wildman–Crippen LogP) is 4.70. The maximum Gasteiger partial charge on any atom is 0.389 e. The SMILES string of the molecule is Cl.FC(F)(F)CC[C@H](c1ccc(Cl)cc1Cl)N1CCNCC1. The molecule has 0 aliphatic carbocycles. The molecule has 1 N–H and O–H groups in total.